The molecule has 1 amide bonds. The minimum Gasteiger partial charge on any atom is -0.481 e. The first-order valence-corrected chi connectivity index (χ1v) is 11.6. The van der Waals surface area contributed by atoms with Crippen molar-refractivity contribution in [2.24, 2.45) is 11.8 Å². The molecule has 3 heterocycles. The number of hydrogen-bond acceptors (Lipinski definition) is 5. The van der Waals surface area contributed by atoms with Crippen molar-refractivity contribution in [3.63, 3.8) is 0 Å². The van der Waals surface area contributed by atoms with E-state index in [4.69, 9.17) is 4.74 Å². The number of amides is 1. The molecule has 0 aliphatic carbocycles. The molecule has 6 heteroatoms. The molecule has 0 radical (unpaired) electrons. The molecule has 1 aliphatic heterocycles. The van der Waals surface area contributed by atoms with Crippen LogP contribution in [0.3, 0.4) is 0 Å². The van der Waals surface area contributed by atoms with Gasteiger partial charge in [0.25, 0.3) is 0 Å². The number of hydrogen-bond donors (Lipinski definition) is 1. The summed E-state index contributed by atoms with van der Waals surface area (Å²) in [6.07, 6.45) is 11.8. The largest absolute Gasteiger partial charge is 0.481 e. The van der Waals surface area contributed by atoms with Crippen LogP contribution in [-0.2, 0) is 4.79 Å². The molecule has 0 bridgehead atoms. The van der Waals surface area contributed by atoms with Gasteiger partial charge in [-0.3, -0.25) is 9.78 Å². The number of piperidine rings is 1. The summed E-state index contributed by atoms with van der Waals surface area (Å²) < 4.78 is 5.22. The zero-order valence-electron chi connectivity index (χ0n) is 19.0. The van der Waals surface area contributed by atoms with E-state index in [-0.39, 0.29) is 5.91 Å². The van der Waals surface area contributed by atoms with Crippen LogP contribution in [-0.4, -0.2) is 47.5 Å². The van der Waals surface area contributed by atoms with Crippen LogP contribution in [0.2, 0.25) is 0 Å². The quantitative estimate of drug-likeness (QED) is 0.403. The summed E-state index contributed by atoms with van der Waals surface area (Å²) in [5.41, 5.74) is 2.05. The molecule has 0 spiro atoms. The Hall–Kier alpha value is -2.47. The fourth-order valence-electron chi connectivity index (χ4n) is 4.42. The minimum absolute atomic E-state index is 0.0157. The van der Waals surface area contributed by atoms with E-state index in [2.05, 4.69) is 33.7 Å². The number of nitrogens with zero attached hydrogens (tertiary/aromatic N) is 3. The van der Waals surface area contributed by atoms with Gasteiger partial charge < -0.3 is 15.0 Å². The first-order valence-electron chi connectivity index (χ1n) is 11.6. The van der Waals surface area contributed by atoms with E-state index in [9.17, 15) is 4.79 Å². The molecular formula is C25H36N4O2. The van der Waals surface area contributed by atoms with Crippen LogP contribution < -0.4 is 10.1 Å². The maximum atomic E-state index is 12.9. The smallest absolute Gasteiger partial charge is 0.224 e. The summed E-state index contributed by atoms with van der Waals surface area (Å²) in [6, 6.07) is 5.41. The molecule has 0 saturated carbocycles. The van der Waals surface area contributed by atoms with Gasteiger partial charge in [-0.15, -0.1) is 6.58 Å². The highest BCUT2D eigenvalue weighted by molar-refractivity contribution is 5.99. The first kappa shape index (κ1) is 23.2. The summed E-state index contributed by atoms with van der Waals surface area (Å²) in [5.74, 6) is 1.19. The number of ether oxygens (including phenoxy) is 1. The normalized spacial score (nSPS) is 19.3. The Morgan fingerprint density at radius 2 is 2.13 bits per heavy atom. The number of nitrogens with one attached hydrogen (secondary N) is 1. The number of likely N-dealkylation sites (tertiary alicyclic amines) is 1. The average molecular weight is 425 g/mol. The van der Waals surface area contributed by atoms with Gasteiger partial charge in [0.1, 0.15) is 5.52 Å². The van der Waals surface area contributed by atoms with E-state index in [1.165, 1.54) is 32.1 Å². The molecule has 2 aromatic heterocycles. The number of rotatable bonds is 11. The van der Waals surface area contributed by atoms with Crippen molar-refractivity contribution in [2.45, 2.75) is 51.9 Å². The highest BCUT2D eigenvalue weighted by atomic mass is 16.5. The SMILES string of the molecule is C=CC1CN(CCCCCCC)CCC1CC(=O)Nc1ccnc2ccc(OC)nc12. The Morgan fingerprint density at radius 3 is 2.90 bits per heavy atom. The summed E-state index contributed by atoms with van der Waals surface area (Å²) in [6.45, 7) is 9.53. The summed E-state index contributed by atoms with van der Waals surface area (Å²) >= 11 is 0. The average Bonchev–Trinajstić information content (AvgIpc) is 2.79. The molecule has 1 N–H and O–H groups in total. The van der Waals surface area contributed by atoms with Crippen LogP contribution in [0.25, 0.3) is 11.0 Å². The molecule has 1 fully saturated rings. The number of fused-ring (bicyclic) bond motifs is 1. The van der Waals surface area contributed by atoms with Gasteiger partial charge in [0.2, 0.25) is 11.8 Å². The highest BCUT2D eigenvalue weighted by Gasteiger charge is 2.28. The number of pyridine rings is 2. The van der Waals surface area contributed by atoms with Crippen molar-refractivity contribution >= 4 is 22.6 Å². The lowest BCUT2D eigenvalue weighted by molar-refractivity contribution is -0.117. The van der Waals surface area contributed by atoms with Crippen molar-refractivity contribution < 1.29 is 9.53 Å². The van der Waals surface area contributed by atoms with Gasteiger partial charge in [-0.25, -0.2) is 4.98 Å². The van der Waals surface area contributed by atoms with E-state index in [0.717, 1.165) is 31.6 Å². The second-order valence-electron chi connectivity index (χ2n) is 8.50. The Labute approximate surface area is 186 Å². The number of carbonyl (C=O) groups excluding carboxylic acids is 1. The zero-order valence-corrected chi connectivity index (χ0v) is 19.0. The molecule has 1 saturated heterocycles. The maximum Gasteiger partial charge on any atom is 0.224 e. The Kier molecular flexibility index (Phi) is 8.83. The van der Waals surface area contributed by atoms with Gasteiger partial charge in [-0.1, -0.05) is 38.7 Å². The first-order chi connectivity index (χ1) is 15.1. The van der Waals surface area contributed by atoms with Crippen molar-refractivity contribution in [3.05, 3.63) is 37.1 Å². The molecule has 6 nitrogen and oxygen atoms in total. The molecule has 2 unspecified atom stereocenters. The van der Waals surface area contributed by atoms with Crippen molar-refractivity contribution in [1.82, 2.24) is 14.9 Å². The van der Waals surface area contributed by atoms with Crippen molar-refractivity contribution in [1.29, 1.82) is 0 Å². The lowest BCUT2D eigenvalue weighted by atomic mass is 9.83. The molecule has 168 valence electrons. The van der Waals surface area contributed by atoms with Crippen molar-refractivity contribution in [2.75, 3.05) is 32.1 Å². The third kappa shape index (κ3) is 6.50. The highest BCUT2D eigenvalue weighted by Crippen LogP contribution is 2.29. The zero-order chi connectivity index (χ0) is 22.1. The molecule has 3 rings (SSSR count). The summed E-state index contributed by atoms with van der Waals surface area (Å²) in [4.78, 5) is 24.2. The Morgan fingerprint density at radius 1 is 1.29 bits per heavy atom. The maximum absolute atomic E-state index is 12.9. The molecular weight excluding hydrogens is 388 g/mol. The summed E-state index contributed by atoms with van der Waals surface area (Å²) in [7, 11) is 1.58. The Bertz CT molecular complexity index is 870. The molecule has 31 heavy (non-hydrogen) atoms. The minimum atomic E-state index is 0.0157. The molecule has 1 aliphatic rings. The van der Waals surface area contributed by atoms with Gasteiger partial charge in [-0.05, 0) is 49.9 Å². The molecule has 0 aromatic carbocycles. The lowest BCUT2D eigenvalue weighted by Gasteiger charge is -2.37. The lowest BCUT2D eigenvalue weighted by Crippen LogP contribution is -2.41. The van der Waals surface area contributed by atoms with Crippen LogP contribution in [0.5, 0.6) is 5.88 Å². The van der Waals surface area contributed by atoms with E-state index >= 15 is 0 Å². The van der Waals surface area contributed by atoms with E-state index in [1.54, 1.807) is 25.4 Å². The predicted molar refractivity (Wildman–Crippen MR) is 126 cm³/mol. The third-order valence-corrected chi connectivity index (χ3v) is 6.26. The second-order valence-corrected chi connectivity index (χ2v) is 8.50. The number of carbonyl (C=O) groups is 1. The van der Waals surface area contributed by atoms with Gasteiger partial charge in [-0.2, -0.15) is 0 Å². The standard InChI is InChI=1S/C25H36N4O2/c1-4-6-7-8-9-15-29-16-13-20(19(5-2)18-29)17-23(30)27-22-12-14-26-21-10-11-24(31-3)28-25(21)22/h5,10-12,14,19-20H,2,4,6-9,13,15-18H2,1,3H3,(H,26,27,30). The van der Waals surface area contributed by atoms with Crippen LogP contribution in [0.1, 0.15) is 51.9 Å². The number of anilines is 1. The van der Waals surface area contributed by atoms with E-state index in [0.29, 0.717) is 35.3 Å². The van der Waals surface area contributed by atoms with Crippen LogP contribution in [0, 0.1) is 11.8 Å². The molecule has 2 aromatic rings. The topological polar surface area (TPSA) is 67.4 Å². The fraction of sp³-hybridized carbons (Fsp3) is 0.560. The Balaban J connectivity index is 1.55. The van der Waals surface area contributed by atoms with Gasteiger partial charge in [0, 0.05) is 25.2 Å². The van der Waals surface area contributed by atoms with Crippen LogP contribution >= 0.6 is 0 Å². The second kappa shape index (κ2) is 11.8. The van der Waals surface area contributed by atoms with Crippen molar-refractivity contribution in [3.8, 4) is 5.88 Å². The monoisotopic (exact) mass is 424 g/mol. The number of aromatic nitrogens is 2. The summed E-state index contributed by atoms with van der Waals surface area (Å²) in [5, 5.41) is 3.05. The van der Waals surface area contributed by atoms with Gasteiger partial charge in [0.05, 0.1) is 18.3 Å². The van der Waals surface area contributed by atoms with Crippen LogP contribution in [0.15, 0.2) is 37.1 Å². The predicted octanol–water partition coefficient (Wildman–Crippen LogP) is 5.06. The third-order valence-electron chi connectivity index (χ3n) is 6.26. The number of unbranched alkanes of at least 4 members (excludes halogenated alkanes) is 4. The van der Waals surface area contributed by atoms with E-state index < -0.39 is 0 Å². The van der Waals surface area contributed by atoms with Gasteiger partial charge >= 0.3 is 0 Å². The van der Waals surface area contributed by atoms with Crippen LogP contribution in [0.4, 0.5) is 5.69 Å². The molecule has 2 atom stereocenters. The fourth-order valence-corrected chi connectivity index (χ4v) is 4.42. The van der Waals surface area contributed by atoms with E-state index in [1.807, 2.05) is 12.1 Å². The van der Waals surface area contributed by atoms with Gasteiger partial charge in [0.15, 0.2) is 0 Å². The number of methoxy groups -OCH3 is 1.